The van der Waals surface area contributed by atoms with Crippen molar-refractivity contribution in [3.05, 3.63) is 0 Å². The molecule has 2 saturated heterocycles. The van der Waals surface area contributed by atoms with Gasteiger partial charge < -0.3 is 15.5 Å². The van der Waals surface area contributed by atoms with E-state index in [2.05, 4.69) is 10.6 Å². The van der Waals surface area contributed by atoms with Crippen LogP contribution in [0.3, 0.4) is 0 Å². The SMILES string of the molecule is CC(C)[C@H](NC(=O)NC1CCCC1)C(=O)N1CC[C@H]2[C@H]1C1(CCC1)C(=O)N2C(=O)C1CC1. The molecule has 3 atom stereocenters. The molecule has 8 nitrogen and oxygen atoms in total. The number of urea groups is 1. The fraction of sp³-hybridized carbons (Fsp3) is 0.833. The second-order valence-electron chi connectivity index (χ2n) is 11.0. The van der Waals surface area contributed by atoms with Gasteiger partial charge in [0.15, 0.2) is 0 Å². The lowest BCUT2D eigenvalue weighted by atomic mass is 9.64. The second kappa shape index (κ2) is 8.03. The zero-order chi connectivity index (χ0) is 22.6. The van der Waals surface area contributed by atoms with Crippen LogP contribution in [-0.2, 0) is 14.4 Å². The molecule has 3 aliphatic carbocycles. The third-order valence-corrected chi connectivity index (χ3v) is 8.51. The lowest BCUT2D eigenvalue weighted by Crippen LogP contribution is -2.59. The fourth-order valence-corrected chi connectivity index (χ4v) is 6.47. The van der Waals surface area contributed by atoms with E-state index in [1.165, 1.54) is 0 Å². The molecule has 1 spiro atoms. The van der Waals surface area contributed by atoms with E-state index >= 15 is 0 Å². The highest BCUT2D eigenvalue weighted by Crippen LogP contribution is 2.56. The molecule has 0 radical (unpaired) electrons. The second-order valence-corrected chi connectivity index (χ2v) is 11.0. The minimum absolute atomic E-state index is 0.0102. The van der Waals surface area contributed by atoms with Gasteiger partial charge in [-0.2, -0.15) is 0 Å². The number of hydrogen-bond acceptors (Lipinski definition) is 4. The normalized spacial score (nSPS) is 29.9. The number of hydrogen-bond donors (Lipinski definition) is 2. The zero-order valence-corrected chi connectivity index (χ0v) is 19.3. The molecule has 0 aromatic heterocycles. The predicted octanol–water partition coefficient (Wildman–Crippen LogP) is 2.17. The van der Waals surface area contributed by atoms with Crippen LogP contribution in [0.5, 0.6) is 0 Å². The average molecular weight is 445 g/mol. The number of imide groups is 1. The van der Waals surface area contributed by atoms with Crippen molar-refractivity contribution in [3.8, 4) is 0 Å². The predicted molar refractivity (Wildman–Crippen MR) is 117 cm³/mol. The van der Waals surface area contributed by atoms with Crippen LogP contribution in [0.15, 0.2) is 0 Å². The van der Waals surface area contributed by atoms with Gasteiger partial charge in [0, 0.05) is 18.5 Å². The Hall–Kier alpha value is -2.12. The lowest BCUT2D eigenvalue weighted by molar-refractivity contribution is -0.152. The quantitative estimate of drug-likeness (QED) is 0.635. The molecule has 0 aromatic carbocycles. The van der Waals surface area contributed by atoms with E-state index in [0.29, 0.717) is 13.0 Å². The molecule has 32 heavy (non-hydrogen) atoms. The highest BCUT2D eigenvalue weighted by atomic mass is 16.2. The Bertz CT molecular complexity index is 813. The fourth-order valence-electron chi connectivity index (χ4n) is 6.47. The third-order valence-electron chi connectivity index (χ3n) is 8.51. The van der Waals surface area contributed by atoms with Crippen molar-refractivity contribution in [1.29, 1.82) is 0 Å². The number of likely N-dealkylation sites (tertiary alicyclic amines) is 2. The summed E-state index contributed by atoms with van der Waals surface area (Å²) in [7, 11) is 0. The minimum Gasteiger partial charge on any atom is -0.335 e. The molecular formula is C24H36N4O4. The topological polar surface area (TPSA) is 98.8 Å². The Balaban J connectivity index is 1.34. The van der Waals surface area contributed by atoms with E-state index in [1.807, 2.05) is 18.7 Å². The first kappa shape index (κ1) is 21.7. The lowest BCUT2D eigenvalue weighted by Gasteiger charge is -2.44. The van der Waals surface area contributed by atoms with Crippen molar-refractivity contribution in [2.45, 2.75) is 102 Å². The Labute approximate surface area is 189 Å². The third kappa shape index (κ3) is 3.41. The number of carbonyl (C=O) groups excluding carboxylic acids is 4. The van der Waals surface area contributed by atoms with Crippen molar-refractivity contribution in [2.24, 2.45) is 17.3 Å². The van der Waals surface area contributed by atoms with Crippen LogP contribution >= 0.6 is 0 Å². The van der Waals surface area contributed by atoms with Crippen molar-refractivity contribution >= 4 is 23.8 Å². The number of carbonyl (C=O) groups is 4. The number of amides is 5. The summed E-state index contributed by atoms with van der Waals surface area (Å²) in [5, 5.41) is 5.95. The summed E-state index contributed by atoms with van der Waals surface area (Å²) in [5.74, 6) is -0.286. The van der Waals surface area contributed by atoms with E-state index in [4.69, 9.17) is 0 Å². The van der Waals surface area contributed by atoms with Crippen LogP contribution in [-0.4, -0.2) is 64.3 Å². The molecule has 2 aliphatic heterocycles. The molecule has 5 amide bonds. The van der Waals surface area contributed by atoms with Crippen molar-refractivity contribution in [2.75, 3.05) is 6.54 Å². The number of nitrogens with one attached hydrogen (secondary N) is 2. The first-order valence-electron chi connectivity index (χ1n) is 12.6. The molecule has 2 N–H and O–H groups in total. The molecule has 176 valence electrons. The standard InChI is InChI=1S/C24H36N4O4/c1-14(2)18(26-23(32)25-16-6-3-4-7-16)21(30)27-13-10-17-19(27)24(11-5-12-24)22(31)28(17)20(29)15-8-9-15/h14-19H,3-13H2,1-2H3,(H2,25,26,32)/t17-,18-,19-/m0/s1. The summed E-state index contributed by atoms with van der Waals surface area (Å²) < 4.78 is 0. The number of rotatable bonds is 5. The van der Waals surface area contributed by atoms with Crippen LogP contribution in [0.4, 0.5) is 4.79 Å². The molecule has 0 unspecified atom stereocenters. The van der Waals surface area contributed by atoms with Crippen LogP contribution in [0.25, 0.3) is 0 Å². The Morgan fingerprint density at radius 3 is 2.25 bits per heavy atom. The summed E-state index contributed by atoms with van der Waals surface area (Å²) >= 11 is 0. The average Bonchev–Trinajstić information content (AvgIpc) is 3.18. The highest BCUT2D eigenvalue weighted by Gasteiger charge is 2.68. The Morgan fingerprint density at radius 1 is 1.00 bits per heavy atom. The van der Waals surface area contributed by atoms with Gasteiger partial charge in [-0.15, -0.1) is 0 Å². The first-order valence-corrected chi connectivity index (χ1v) is 12.6. The van der Waals surface area contributed by atoms with Gasteiger partial charge in [0.2, 0.25) is 17.7 Å². The molecular weight excluding hydrogens is 408 g/mol. The minimum atomic E-state index is -0.643. The molecule has 0 bridgehead atoms. The van der Waals surface area contributed by atoms with Crippen LogP contribution in [0.1, 0.15) is 78.1 Å². The van der Waals surface area contributed by atoms with Gasteiger partial charge in [-0.05, 0) is 50.9 Å². The molecule has 3 saturated carbocycles. The van der Waals surface area contributed by atoms with E-state index in [9.17, 15) is 19.2 Å². The van der Waals surface area contributed by atoms with Gasteiger partial charge in [-0.3, -0.25) is 19.3 Å². The van der Waals surface area contributed by atoms with E-state index < -0.39 is 11.5 Å². The largest absolute Gasteiger partial charge is 0.335 e. The van der Waals surface area contributed by atoms with Gasteiger partial charge >= 0.3 is 6.03 Å². The highest BCUT2D eigenvalue weighted by molar-refractivity contribution is 6.04. The van der Waals surface area contributed by atoms with Crippen LogP contribution in [0.2, 0.25) is 0 Å². The maximum atomic E-state index is 13.7. The van der Waals surface area contributed by atoms with Crippen LogP contribution < -0.4 is 10.6 Å². The van der Waals surface area contributed by atoms with Gasteiger partial charge in [0.25, 0.3) is 0 Å². The van der Waals surface area contributed by atoms with Gasteiger partial charge in [0.05, 0.1) is 17.5 Å². The van der Waals surface area contributed by atoms with E-state index in [0.717, 1.165) is 57.8 Å². The zero-order valence-electron chi connectivity index (χ0n) is 19.3. The van der Waals surface area contributed by atoms with Crippen LogP contribution in [0, 0.1) is 17.3 Å². The maximum absolute atomic E-state index is 13.7. The molecule has 5 aliphatic rings. The van der Waals surface area contributed by atoms with E-state index in [1.54, 1.807) is 4.90 Å². The smallest absolute Gasteiger partial charge is 0.315 e. The van der Waals surface area contributed by atoms with Gasteiger partial charge in [0.1, 0.15) is 6.04 Å². The van der Waals surface area contributed by atoms with E-state index in [-0.39, 0.29) is 53.7 Å². The molecule has 2 heterocycles. The van der Waals surface area contributed by atoms with Crippen molar-refractivity contribution in [1.82, 2.24) is 20.4 Å². The molecule has 5 fully saturated rings. The summed E-state index contributed by atoms with van der Waals surface area (Å²) in [6.07, 6.45) is 9.04. The monoisotopic (exact) mass is 444 g/mol. The molecule has 0 aromatic rings. The Morgan fingerprint density at radius 2 is 1.69 bits per heavy atom. The number of nitrogens with zero attached hydrogens (tertiary/aromatic N) is 2. The van der Waals surface area contributed by atoms with Crippen molar-refractivity contribution < 1.29 is 19.2 Å². The van der Waals surface area contributed by atoms with Crippen molar-refractivity contribution in [3.63, 3.8) is 0 Å². The summed E-state index contributed by atoms with van der Waals surface area (Å²) in [6.45, 7) is 4.41. The Kier molecular flexibility index (Phi) is 5.45. The summed E-state index contributed by atoms with van der Waals surface area (Å²) in [6, 6.07) is -1.21. The molecule has 5 rings (SSSR count). The summed E-state index contributed by atoms with van der Waals surface area (Å²) in [5.41, 5.74) is -0.602. The molecule has 8 heteroatoms. The van der Waals surface area contributed by atoms with Gasteiger partial charge in [-0.1, -0.05) is 33.1 Å². The maximum Gasteiger partial charge on any atom is 0.315 e. The number of fused-ring (bicyclic) bond motifs is 2. The first-order chi connectivity index (χ1) is 15.3. The summed E-state index contributed by atoms with van der Waals surface area (Å²) in [4.78, 5) is 56.1. The van der Waals surface area contributed by atoms with Gasteiger partial charge in [-0.25, -0.2) is 4.79 Å².